The highest BCUT2D eigenvalue weighted by Gasteiger charge is 2.33. The summed E-state index contributed by atoms with van der Waals surface area (Å²) in [5, 5.41) is 9.13. The van der Waals surface area contributed by atoms with E-state index in [0.717, 1.165) is 18.5 Å². The Labute approximate surface area is 225 Å². The highest BCUT2D eigenvalue weighted by atomic mass is 35.5. The Balaban J connectivity index is 1.70. The number of piperidine rings is 1. The van der Waals surface area contributed by atoms with Gasteiger partial charge in [0.15, 0.2) is 0 Å². The number of anilines is 1. The molecule has 206 valence electrons. The Bertz CT molecular complexity index is 1170. The standard InChI is InChI=1S/C27H32ClF3N4O3/c1-17(32-3)14-18(2)33-16-25(36)35-13-7-6-9-23(35)26(37)34-19-11-12-20(22(28)15-19)21-8-4-5-10-24(21)38-27(29,30)31/h4-5,8,10-12,14-15,17,23,32-33H,6-7,9,13,16H2,1-3H3,(H,34,37)/b18-14-. The number of benzene rings is 2. The highest BCUT2D eigenvalue weighted by molar-refractivity contribution is 6.33. The van der Waals surface area contributed by atoms with Crippen LogP contribution in [0.25, 0.3) is 11.1 Å². The molecule has 2 aromatic carbocycles. The number of halogens is 4. The molecule has 3 N–H and O–H groups in total. The number of allylic oxidation sites excluding steroid dienone is 1. The third-order valence-electron chi connectivity index (χ3n) is 6.24. The van der Waals surface area contributed by atoms with Gasteiger partial charge in [-0.05, 0) is 64.4 Å². The van der Waals surface area contributed by atoms with Crippen molar-refractivity contribution in [2.75, 3.05) is 25.5 Å². The van der Waals surface area contributed by atoms with Gasteiger partial charge in [-0.25, -0.2) is 0 Å². The van der Waals surface area contributed by atoms with Crippen LogP contribution in [0.1, 0.15) is 33.1 Å². The largest absolute Gasteiger partial charge is 0.573 e. The van der Waals surface area contributed by atoms with Gasteiger partial charge in [-0.1, -0.05) is 35.9 Å². The van der Waals surface area contributed by atoms with Crippen LogP contribution in [0.4, 0.5) is 18.9 Å². The number of carbonyl (C=O) groups is 2. The third-order valence-corrected chi connectivity index (χ3v) is 6.55. The number of nitrogens with zero attached hydrogens (tertiary/aromatic N) is 1. The summed E-state index contributed by atoms with van der Waals surface area (Å²) in [5.74, 6) is -0.905. The smallest absolute Gasteiger partial charge is 0.405 e. The topological polar surface area (TPSA) is 82.7 Å². The Hall–Kier alpha value is -3.24. The number of likely N-dealkylation sites (tertiary alicyclic amines) is 1. The van der Waals surface area contributed by atoms with Gasteiger partial charge in [0.05, 0.1) is 11.6 Å². The molecule has 7 nitrogen and oxygen atoms in total. The first kappa shape index (κ1) is 29.3. The number of hydrogen-bond donors (Lipinski definition) is 3. The fourth-order valence-electron chi connectivity index (χ4n) is 4.28. The van der Waals surface area contributed by atoms with Crippen LogP contribution in [0.2, 0.25) is 5.02 Å². The van der Waals surface area contributed by atoms with Crippen LogP contribution in [0.3, 0.4) is 0 Å². The van der Waals surface area contributed by atoms with E-state index in [9.17, 15) is 22.8 Å². The maximum absolute atomic E-state index is 13.1. The minimum absolute atomic E-state index is 0.0719. The van der Waals surface area contributed by atoms with Crippen LogP contribution < -0.4 is 20.7 Å². The first-order valence-corrected chi connectivity index (χ1v) is 12.7. The number of alkyl halides is 3. The van der Waals surface area contributed by atoms with Gasteiger partial charge < -0.3 is 25.6 Å². The SMILES string of the molecule is CNC(C)/C=C(/C)NCC(=O)N1CCCCC1C(=O)Nc1ccc(-c2ccccc2OC(F)(F)F)c(Cl)c1. The molecular weight excluding hydrogens is 521 g/mol. The van der Waals surface area contributed by atoms with Crippen molar-refractivity contribution >= 4 is 29.1 Å². The van der Waals surface area contributed by atoms with Crippen molar-refractivity contribution in [2.24, 2.45) is 0 Å². The molecule has 0 bridgehead atoms. The zero-order valence-corrected chi connectivity index (χ0v) is 22.2. The van der Waals surface area contributed by atoms with E-state index in [1.165, 1.54) is 30.3 Å². The van der Waals surface area contributed by atoms with Gasteiger partial charge in [-0.3, -0.25) is 9.59 Å². The number of ether oxygens (including phenoxy) is 1. The molecule has 0 aromatic heterocycles. The number of likely N-dealkylation sites (N-methyl/N-ethyl adjacent to an activating group) is 1. The van der Waals surface area contributed by atoms with Crippen molar-refractivity contribution in [3.05, 3.63) is 59.3 Å². The first-order chi connectivity index (χ1) is 18.0. The summed E-state index contributed by atoms with van der Waals surface area (Å²) in [6.07, 6.45) is -0.744. The van der Waals surface area contributed by atoms with Gasteiger partial charge in [0, 0.05) is 35.1 Å². The monoisotopic (exact) mass is 552 g/mol. The summed E-state index contributed by atoms with van der Waals surface area (Å²) in [6, 6.07) is 9.73. The van der Waals surface area contributed by atoms with Gasteiger partial charge in [0.1, 0.15) is 11.8 Å². The van der Waals surface area contributed by atoms with Crippen LogP contribution in [-0.2, 0) is 9.59 Å². The molecule has 2 aromatic rings. The summed E-state index contributed by atoms with van der Waals surface area (Å²) in [6.45, 7) is 4.42. The summed E-state index contributed by atoms with van der Waals surface area (Å²) in [4.78, 5) is 27.7. The van der Waals surface area contributed by atoms with Crippen molar-refractivity contribution in [1.82, 2.24) is 15.5 Å². The van der Waals surface area contributed by atoms with Gasteiger partial charge in [-0.2, -0.15) is 0 Å². The lowest BCUT2D eigenvalue weighted by Crippen LogP contribution is -2.52. The molecule has 38 heavy (non-hydrogen) atoms. The zero-order valence-electron chi connectivity index (χ0n) is 21.5. The summed E-state index contributed by atoms with van der Waals surface area (Å²) >= 11 is 6.40. The van der Waals surface area contributed by atoms with E-state index in [1.807, 2.05) is 27.0 Å². The molecule has 0 aliphatic carbocycles. The molecule has 2 atom stereocenters. The number of para-hydroxylation sites is 1. The van der Waals surface area contributed by atoms with Crippen molar-refractivity contribution in [3.8, 4) is 16.9 Å². The Morgan fingerprint density at radius 1 is 1.18 bits per heavy atom. The second-order valence-electron chi connectivity index (χ2n) is 9.11. The fraction of sp³-hybridized carbons (Fsp3) is 0.407. The fourth-order valence-corrected chi connectivity index (χ4v) is 4.56. The molecule has 0 spiro atoms. The van der Waals surface area contributed by atoms with Gasteiger partial charge in [-0.15, -0.1) is 13.2 Å². The molecule has 2 amide bonds. The van der Waals surface area contributed by atoms with Crippen LogP contribution in [-0.4, -0.2) is 55.3 Å². The van der Waals surface area contributed by atoms with E-state index in [2.05, 4.69) is 20.7 Å². The molecule has 0 saturated carbocycles. The zero-order chi connectivity index (χ0) is 27.9. The molecule has 1 fully saturated rings. The van der Waals surface area contributed by atoms with E-state index in [4.69, 9.17) is 11.6 Å². The Morgan fingerprint density at radius 2 is 1.92 bits per heavy atom. The lowest BCUT2D eigenvalue weighted by molar-refractivity contribution is -0.274. The molecule has 1 aliphatic rings. The molecule has 1 aliphatic heterocycles. The van der Waals surface area contributed by atoms with Gasteiger partial charge in [0.2, 0.25) is 11.8 Å². The minimum Gasteiger partial charge on any atom is -0.405 e. The summed E-state index contributed by atoms with van der Waals surface area (Å²) in [7, 11) is 1.85. The maximum atomic E-state index is 13.1. The maximum Gasteiger partial charge on any atom is 0.573 e. The second-order valence-corrected chi connectivity index (χ2v) is 9.51. The van der Waals surface area contributed by atoms with Gasteiger partial charge in [0.25, 0.3) is 0 Å². The van der Waals surface area contributed by atoms with E-state index in [-0.39, 0.29) is 40.7 Å². The number of rotatable bonds is 9. The van der Waals surface area contributed by atoms with Crippen LogP contribution in [0.5, 0.6) is 5.75 Å². The lowest BCUT2D eigenvalue weighted by atomic mass is 10.0. The highest BCUT2D eigenvalue weighted by Crippen LogP contribution is 2.38. The molecule has 1 saturated heterocycles. The average Bonchev–Trinajstić information content (AvgIpc) is 2.87. The molecule has 1 heterocycles. The summed E-state index contributed by atoms with van der Waals surface area (Å²) < 4.78 is 42.6. The molecule has 0 radical (unpaired) electrons. The molecule has 11 heteroatoms. The number of carbonyl (C=O) groups excluding carboxylic acids is 2. The van der Waals surface area contributed by atoms with Crippen molar-refractivity contribution in [2.45, 2.75) is 51.6 Å². The third kappa shape index (κ3) is 8.13. The first-order valence-electron chi connectivity index (χ1n) is 12.3. The van der Waals surface area contributed by atoms with Crippen molar-refractivity contribution in [3.63, 3.8) is 0 Å². The van der Waals surface area contributed by atoms with E-state index >= 15 is 0 Å². The van der Waals surface area contributed by atoms with E-state index < -0.39 is 12.4 Å². The normalized spacial score (nSPS) is 17.1. The average molecular weight is 553 g/mol. The molecule has 3 rings (SSSR count). The van der Waals surface area contributed by atoms with Crippen LogP contribution in [0, 0.1) is 0 Å². The molecular formula is C27H32ClF3N4O3. The van der Waals surface area contributed by atoms with E-state index in [0.29, 0.717) is 24.2 Å². The van der Waals surface area contributed by atoms with Crippen molar-refractivity contribution < 1.29 is 27.5 Å². The predicted octanol–water partition coefficient (Wildman–Crippen LogP) is 5.33. The van der Waals surface area contributed by atoms with Crippen LogP contribution in [0.15, 0.2) is 54.2 Å². The number of amides is 2. The molecule has 2 unspecified atom stereocenters. The van der Waals surface area contributed by atoms with Crippen LogP contribution >= 0.6 is 11.6 Å². The van der Waals surface area contributed by atoms with Crippen molar-refractivity contribution in [1.29, 1.82) is 0 Å². The summed E-state index contributed by atoms with van der Waals surface area (Å²) in [5.41, 5.74) is 1.71. The second kappa shape index (κ2) is 13.0. The quantitative estimate of drug-likeness (QED) is 0.392. The van der Waals surface area contributed by atoms with E-state index in [1.54, 1.807) is 17.0 Å². The minimum atomic E-state index is -4.85. The predicted molar refractivity (Wildman–Crippen MR) is 142 cm³/mol. The number of hydrogen-bond acceptors (Lipinski definition) is 5. The Morgan fingerprint density at radius 3 is 2.61 bits per heavy atom. The number of nitrogens with one attached hydrogen (secondary N) is 3. The Kier molecular flexibility index (Phi) is 10.0. The van der Waals surface area contributed by atoms with Gasteiger partial charge >= 0.3 is 6.36 Å². The lowest BCUT2D eigenvalue weighted by Gasteiger charge is -2.35.